The molecule has 4 aromatic rings. The van der Waals surface area contributed by atoms with Crippen LogP contribution in [0.5, 0.6) is 17.2 Å². The molecule has 0 radical (unpaired) electrons. The summed E-state index contributed by atoms with van der Waals surface area (Å²) < 4.78 is 20.4. The third-order valence-electron chi connectivity index (χ3n) is 9.13. The normalized spacial score (nSPS) is 11.3. The Hall–Kier alpha value is -5.31. The summed E-state index contributed by atoms with van der Waals surface area (Å²) in [6.45, 7) is 13.9. The molecule has 9 nitrogen and oxygen atoms in total. The molecule has 0 spiro atoms. The Labute approximate surface area is 318 Å². The van der Waals surface area contributed by atoms with E-state index in [0.717, 1.165) is 52.6 Å². The molecule has 0 bridgehead atoms. The number of carboxylic acid groups (broad SMARTS) is 3. The Balaban J connectivity index is 2.12. The molecule has 0 aliphatic carbocycles. The highest BCUT2D eigenvalue weighted by atomic mass is 16.5. The minimum Gasteiger partial charge on any atom is -0.493 e. The Morgan fingerprint density at radius 1 is 0.463 bits per heavy atom. The van der Waals surface area contributed by atoms with Crippen molar-refractivity contribution in [1.29, 1.82) is 0 Å². The van der Waals surface area contributed by atoms with Crippen LogP contribution in [-0.2, 0) is 19.3 Å². The molecule has 4 rings (SSSR count). The maximum atomic E-state index is 12.1. The molecule has 0 fully saturated rings. The number of hydrogen-bond donors (Lipinski definition) is 3. The zero-order valence-electron chi connectivity index (χ0n) is 32.3. The van der Waals surface area contributed by atoms with Crippen molar-refractivity contribution in [3.63, 3.8) is 0 Å². The fourth-order valence-electron chi connectivity index (χ4n) is 6.11. The molecule has 0 heterocycles. The molecule has 54 heavy (non-hydrogen) atoms. The number of hydrogen-bond acceptors (Lipinski definition) is 6. The second-order valence-corrected chi connectivity index (χ2v) is 15.1. The van der Waals surface area contributed by atoms with E-state index in [-0.39, 0.29) is 36.0 Å². The van der Waals surface area contributed by atoms with Crippen molar-refractivity contribution in [1.82, 2.24) is 0 Å². The van der Waals surface area contributed by atoms with E-state index in [4.69, 9.17) is 14.2 Å². The molecule has 0 amide bonds. The lowest BCUT2D eigenvalue weighted by Crippen LogP contribution is -2.16. The van der Waals surface area contributed by atoms with Gasteiger partial charge in [-0.25, -0.2) is 14.4 Å². The molecule has 4 aromatic carbocycles. The lowest BCUT2D eigenvalue weighted by molar-refractivity contribution is 0.0686. The average molecular weight is 739 g/mol. The van der Waals surface area contributed by atoms with Crippen LogP contribution in [-0.4, -0.2) is 53.0 Å². The third-order valence-corrected chi connectivity index (χ3v) is 9.13. The first-order chi connectivity index (χ1) is 25.7. The second-order valence-electron chi connectivity index (χ2n) is 15.1. The van der Waals surface area contributed by atoms with Gasteiger partial charge in [0, 0.05) is 36.0 Å². The molecule has 9 heteroatoms. The van der Waals surface area contributed by atoms with E-state index < -0.39 is 17.9 Å². The van der Waals surface area contributed by atoms with Crippen LogP contribution < -0.4 is 14.2 Å². The Bertz CT molecular complexity index is 1670. The quantitative estimate of drug-likeness (QED) is 0.0762. The van der Waals surface area contributed by atoms with E-state index in [9.17, 15) is 29.7 Å². The van der Waals surface area contributed by atoms with Crippen LogP contribution in [0.3, 0.4) is 0 Å². The van der Waals surface area contributed by atoms with Gasteiger partial charge in [0.2, 0.25) is 0 Å². The third kappa shape index (κ3) is 11.9. The fourth-order valence-corrected chi connectivity index (χ4v) is 6.11. The van der Waals surface area contributed by atoms with E-state index in [1.54, 1.807) is 54.6 Å². The molecular formula is C45H54O9. The number of ether oxygens (including phenoxy) is 3. The molecule has 0 saturated carbocycles. The Kier molecular flexibility index (Phi) is 15.1. The second kappa shape index (κ2) is 19.7. The van der Waals surface area contributed by atoms with E-state index in [0.29, 0.717) is 54.8 Å². The Morgan fingerprint density at radius 3 is 0.944 bits per heavy atom. The molecule has 0 aliphatic heterocycles. The first-order valence-electron chi connectivity index (χ1n) is 18.8. The number of aromatic carboxylic acids is 3. The zero-order chi connectivity index (χ0) is 39.4. The highest BCUT2D eigenvalue weighted by molar-refractivity contribution is 5.89. The molecule has 0 saturated heterocycles. The van der Waals surface area contributed by atoms with Crippen molar-refractivity contribution in [3.05, 3.63) is 123 Å². The van der Waals surface area contributed by atoms with Crippen LogP contribution in [0.15, 0.2) is 72.8 Å². The summed E-state index contributed by atoms with van der Waals surface area (Å²) in [7, 11) is 0. The maximum absolute atomic E-state index is 12.1. The maximum Gasteiger partial charge on any atom is 0.335 e. The van der Waals surface area contributed by atoms with Gasteiger partial charge in [0.05, 0.1) is 36.5 Å². The van der Waals surface area contributed by atoms with Crippen molar-refractivity contribution in [2.24, 2.45) is 17.8 Å². The standard InChI is InChI=1S/C45H54O9/c1-28(2)16-19-52-40-37(25-31-10-7-13-34(22-31)43(46)47)41(53-20-17-29(3)4)39(27-33-12-9-15-36(24-33)45(50)51)42(54-21-18-30(5)6)38(40)26-32-11-8-14-35(23-32)44(48)49/h7-15,22-24,28-30H,16-21,25-27H2,1-6H3,(H,46,47)(H,48,49)(H,50,51). The fraction of sp³-hybridized carbons (Fsp3) is 0.400. The summed E-state index contributed by atoms with van der Waals surface area (Å²) in [5, 5.41) is 29.6. The highest BCUT2D eigenvalue weighted by Crippen LogP contribution is 2.47. The summed E-state index contributed by atoms with van der Waals surface area (Å²) in [6.07, 6.45) is 3.10. The van der Waals surface area contributed by atoms with Crippen LogP contribution in [0.25, 0.3) is 0 Å². The minimum absolute atomic E-state index is 0.155. The summed E-state index contributed by atoms with van der Waals surface area (Å²) >= 11 is 0. The monoisotopic (exact) mass is 738 g/mol. The first-order valence-corrected chi connectivity index (χ1v) is 18.8. The largest absolute Gasteiger partial charge is 0.493 e. The number of carboxylic acids is 3. The first kappa shape index (κ1) is 41.4. The number of benzene rings is 4. The van der Waals surface area contributed by atoms with Gasteiger partial charge < -0.3 is 29.5 Å². The van der Waals surface area contributed by atoms with Gasteiger partial charge in [0.15, 0.2) is 0 Å². The van der Waals surface area contributed by atoms with Gasteiger partial charge in [-0.05, 0) is 90.1 Å². The molecular weight excluding hydrogens is 684 g/mol. The van der Waals surface area contributed by atoms with Crippen LogP contribution >= 0.6 is 0 Å². The van der Waals surface area contributed by atoms with Crippen LogP contribution in [0.4, 0.5) is 0 Å². The Morgan fingerprint density at radius 2 is 0.722 bits per heavy atom. The van der Waals surface area contributed by atoms with Gasteiger partial charge in [-0.1, -0.05) is 77.9 Å². The smallest absolute Gasteiger partial charge is 0.335 e. The zero-order valence-corrected chi connectivity index (χ0v) is 32.3. The van der Waals surface area contributed by atoms with Crippen LogP contribution in [0, 0.1) is 17.8 Å². The highest BCUT2D eigenvalue weighted by Gasteiger charge is 2.29. The van der Waals surface area contributed by atoms with Gasteiger partial charge in [0.1, 0.15) is 17.2 Å². The van der Waals surface area contributed by atoms with Crippen LogP contribution in [0.1, 0.15) is 125 Å². The van der Waals surface area contributed by atoms with Gasteiger partial charge in [-0.3, -0.25) is 0 Å². The molecule has 0 aliphatic rings. The lowest BCUT2D eigenvalue weighted by atomic mass is 9.89. The SMILES string of the molecule is CC(C)CCOc1c(Cc2cccc(C(=O)O)c2)c(OCCC(C)C)c(Cc2cccc(C(=O)O)c2)c(OCCC(C)C)c1Cc1cccc(C(=O)O)c1. The summed E-state index contributed by atoms with van der Waals surface area (Å²) in [4.78, 5) is 36.2. The number of carbonyl (C=O) groups is 3. The van der Waals surface area contributed by atoms with E-state index in [1.165, 1.54) is 0 Å². The minimum atomic E-state index is -1.04. The van der Waals surface area contributed by atoms with Gasteiger partial charge in [-0.2, -0.15) is 0 Å². The summed E-state index contributed by atoms with van der Waals surface area (Å²) in [6, 6.07) is 20.4. The molecule has 288 valence electrons. The summed E-state index contributed by atoms with van der Waals surface area (Å²) in [5.41, 5.74) is 4.83. The van der Waals surface area contributed by atoms with E-state index >= 15 is 0 Å². The van der Waals surface area contributed by atoms with Crippen molar-refractivity contribution in [2.45, 2.75) is 80.1 Å². The predicted molar refractivity (Wildman–Crippen MR) is 210 cm³/mol. The van der Waals surface area contributed by atoms with Crippen molar-refractivity contribution in [3.8, 4) is 17.2 Å². The molecule has 0 unspecified atom stereocenters. The average Bonchev–Trinajstić information content (AvgIpc) is 3.11. The molecule has 0 aromatic heterocycles. The topological polar surface area (TPSA) is 140 Å². The number of rotatable bonds is 21. The van der Waals surface area contributed by atoms with Crippen molar-refractivity contribution < 1.29 is 43.9 Å². The predicted octanol–water partition coefficient (Wildman–Crippen LogP) is 9.83. The van der Waals surface area contributed by atoms with Crippen molar-refractivity contribution >= 4 is 17.9 Å². The van der Waals surface area contributed by atoms with Crippen LogP contribution in [0.2, 0.25) is 0 Å². The van der Waals surface area contributed by atoms with Gasteiger partial charge in [-0.15, -0.1) is 0 Å². The van der Waals surface area contributed by atoms with E-state index in [1.807, 2.05) is 18.2 Å². The van der Waals surface area contributed by atoms with E-state index in [2.05, 4.69) is 41.5 Å². The molecule has 0 atom stereocenters. The molecule has 3 N–H and O–H groups in total. The lowest BCUT2D eigenvalue weighted by Gasteiger charge is -2.28. The summed E-state index contributed by atoms with van der Waals surface area (Å²) in [5.74, 6) is -0.401. The van der Waals surface area contributed by atoms with Crippen molar-refractivity contribution in [2.75, 3.05) is 19.8 Å². The van der Waals surface area contributed by atoms with Gasteiger partial charge >= 0.3 is 17.9 Å². The van der Waals surface area contributed by atoms with Gasteiger partial charge in [0.25, 0.3) is 0 Å².